The van der Waals surface area contributed by atoms with E-state index in [-0.39, 0.29) is 16.6 Å². The van der Waals surface area contributed by atoms with Crippen LogP contribution in [-0.4, -0.2) is 20.9 Å². The quantitative estimate of drug-likeness (QED) is 0.441. The molecule has 0 aliphatic carbocycles. The molecule has 0 spiro atoms. The lowest BCUT2D eigenvalue weighted by Crippen LogP contribution is -2.16. The van der Waals surface area contributed by atoms with E-state index in [1.807, 2.05) is 0 Å². The third-order valence-corrected chi connectivity index (χ3v) is 4.57. The topological polar surface area (TPSA) is 70.7 Å². The lowest BCUT2D eigenvalue weighted by Gasteiger charge is -2.10. The van der Waals surface area contributed by atoms with Crippen LogP contribution in [0.15, 0.2) is 55.1 Å². The molecule has 0 saturated heterocycles. The van der Waals surface area contributed by atoms with E-state index in [9.17, 15) is 26.7 Å². The van der Waals surface area contributed by atoms with Gasteiger partial charge >= 0.3 is 6.18 Å². The number of nitrogens with zero attached hydrogens (tertiary/aromatic N) is 2. The summed E-state index contributed by atoms with van der Waals surface area (Å²) in [6, 6.07) is 6.38. The van der Waals surface area contributed by atoms with Crippen molar-refractivity contribution >= 4 is 22.6 Å². The van der Waals surface area contributed by atoms with Crippen molar-refractivity contribution in [3.8, 4) is 11.1 Å². The van der Waals surface area contributed by atoms with Crippen molar-refractivity contribution in [2.24, 2.45) is 0 Å². The maximum absolute atomic E-state index is 14.5. The van der Waals surface area contributed by atoms with Crippen LogP contribution >= 0.6 is 0 Å². The van der Waals surface area contributed by atoms with Crippen molar-refractivity contribution in [3.63, 3.8) is 0 Å². The van der Waals surface area contributed by atoms with E-state index in [2.05, 4.69) is 20.3 Å². The summed E-state index contributed by atoms with van der Waals surface area (Å²) < 4.78 is 66.5. The summed E-state index contributed by atoms with van der Waals surface area (Å²) >= 11 is 0. The van der Waals surface area contributed by atoms with E-state index in [1.54, 1.807) is 6.07 Å². The van der Waals surface area contributed by atoms with Crippen LogP contribution in [0.4, 0.5) is 27.6 Å². The van der Waals surface area contributed by atoms with Crippen LogP contribution in [0.2, 0.25) is 0 Å². The van der Waals surface area contributed by atoms with Gasteiger partial charge in [0.1, 0.15) is 17.3 Å². The molecule has 0 radical (unpaired) electrons. The number of hydrogen-bond donors (Lipinski definition) is 2. The van der Waals surface area contributed by atoms with Crippen LogP contribution in [0.5, 0.6) is 0 Å². The number of amides is 1. The average molecular weight is 432 g/mol. The maximum atomic E-state index is 14.5. The summed E-state index contributed by atoms with van der Waals surface area (Å²) in [5, 5.41) is 2.54. The molecule has 0 atom stereocenters. The van der Waals surface area contributed by atoms with Crippen LogP contribution in [0.25, 0.3) is 22.2 Å². The van der Waals surface area contributed by atoms with Gasteiger partial charge in [-0.25, -0.2) is 13.8 Å². The number of anilines is 1. The molecule has 3 heterocycles. The summed E-state index contributed by atoms with van der Waals surface area (Å²) in [5.74, 6) is -1.88. The van der Waals surface area contributed by atoms with Crippen LogP contribution in [0, 0.1) is 11.6 Å². The zero-order valence-electron chi connectivity index (χ0n) is 15.6. The number of fused-ring (bicyclic) bond motifs is 1. The summed E-state index contributed by atoms with van der Waals surface area (Å²) in [5.41, 5.74) is 0.159. The number of halogens is 5. The van der Waals surface area contributed by atoms with Crippen molar-refractivity contribution in [1.29, 1.82) is 0 Å². The van der Waals surface area contributed by atoms with Crippen molar-refractivity contribution in [3.05, 3.63) is 77.9 Å². The lowest BCUT2D eigenvalue weighted by atomic mass is 10.0. The van der Waals surface area contributed by atoms with Gasteiger partial charge in [0.05, 0.1) is 29.3 Å². The number of H-pyrrole nitrogens is 1. The number of alkyl halides is 3. The number of nitrogens with one attached hydrogen (secondary N) is 2. The third kappa shape index (κ3) is 4.37. The van der Waals surface area contributed by atoms with Crippen LogP contribution in [-0.2, 0) is 17.4 Å². The molecule has 0 unspecified atom stereocenters. The van der Waals surface area contributed by atoms with E-state index < -0.39 is 35.7 Å². The smallest absolute Gasteiger partial charge is 0.343 e. The first kappa shape index (κ1) is 20.5. The number of carbonyl (C=O) groups excluding carboxylic acids is 1. The predicted octanol–water partition coefficient (Wildman–Crippen LogP) is 5.10. The van der Waals surface area contributed by atoms with Crippen molar-refractivity contribution in [2.75, 3.05) is 5.32 Å². The Morgan fingerprint density at radius 1 is 1.00 bits per heavy atom. The average Bonchev–Trinajstić information content (AvgIpc) is 3.09. The molecular weight excluding hydrogens is 419 g/mol. The minimum atomic E-state index is -4.60. The zero-order valence-corrected chi connectivity index (χ0v) is 15.6. The molecule has 0 bridgehead atoms. The molecule has 10 heteroatoms. The highest BCUT2D eigenvalue weighted by Gasteiger charge is 2.31. The Bertz CT molecular complexity index is 1280. The second kappa shape index (κ2) is 7.78. The van der Waals surface area contributed by atoms with Gasteiger partial charge in [0.2, 0.25) is 5.91 Å². The zero-order chi connectivity index (χ0) is 22.2. The van der Waals surface area contributed by atoms with E-state index in [4.69, 9.17) is 0 Å². The third-order valence-electron chi connectivity index (χ3n) is 4.57. The fourth-order valence-corrected chi connectivity index (χ4v) is 3.04. The standard InChI is InChI=1S/C21H13F5N4O/c22-17-4-11(13-3-16-18(23)10-29-20(16)28-7-13)1-2-12(17)5-19(31)30-15-6-14(8-27-9-15)21(24,25)26/h1-4,6-10H,5H2,(H,28,29)(H,30,31). The van der Waals surface area contributed by atoms with E-state index >= 15 is 0 Å². The highest BCUT2D eigenvalue weighted by Crippen LogP contribution is 2.30. The second-order valence-corrected chi connectivity index (χ2v) is 6.75. The Balaban J connectivity index is 1.50. The van der Waals surface area contributed by atoms with Gasteiger partial charge in [0.15, 0.2) is 0 Å². The number of hydrogen-bond acceptors (Lipinski definition) is 3. The summed E-state index contributed by atoms with van der Waals surface area (Å²) in [4.78, 5) is 22.4. The van der Waals surface area contributed by atoms with Gasteiger partial charge in [-0.1, -0.05) is 12.1 Å². The van der Waals surface area contributed by atoms with Gasteiger partial charge in [-0.05, 0) is 29.3 Å². The first-order chi connectivity index (χ1) is 14.7. The van der Waals surface area contributed by atoms with Crippen molar-refractivity contribution in [1.82, 2.24) is 15.0 Å². The highest BCUT2D eigenvalue weighted by molar-refractivity contribution is 5.92. The first-order valence-corrected chi connectivity index (χ1v) is 8.94. The summed E-state index contributed by atoms with van der Waals surface area (Å²) in [6.45, 7) is 0. The van der Waals surface area contributed by atoms with Gasteiger partial charge in [0, 0.05) is 24.2 Å². The van der Waals surface area contributed by atoms with Gasteiger partial charge in [-0.2, -0.15) is 13.2 Å². The number of aromatic nitrogens is 3. The fourth-order valence-electron chi connectivity index (χ4n) is 3.04. The SMILES string of the molecule is O=C(Cc1ccc(-c2cnc3[nH]cc(F)c3c2)cc1F)Nc1cncc(C(F)(F)F)c1. The molecule has 31 heavy (non-hydrogen) atoms. The number of rotatable bonds is 4. The number of carbonyl (C=O) groups is 1. The highest BCUT2D eigenvalue weighted by atomic mass is 19.4. The minimum Gasteiger partial charge on any atom is -0.343 e. The molecule has 5 nitrogen and oxygen atoms in total. The molecule has 4 aromatic rings. The van der Waals surface area contributed by atoms with Crippen molar-refractivity contribution in [2.45, 2.75) is 12.6 Å². The molecule has 1 amide bonds. The lowest BCUT2D eigenvalue weighted by molar-refractivity contribution is -0.137. The molecule has 0 fully saturated rings. The van der Waals surface area contributed by atoms with Gasteiger partial charge in [0.25, 0.3) is 0 Å². The van der Waals surface area contributed by atoms with E-state index in [0.717, 1.165) is 12.3 Å². The molecule has 2 N–H and O–H groups in total. The van der Waals surface area contributed by atoms with Crippen LogP contribution < -0.4 is 5.32 Å². The van der Waals surface area contributed by atoms with Crippen LogP contribution in [0.1, 0.15) is 11.1 Å². The molecule has 3 aromatic heterocycles. The molecule has 158 valence electrons. The Hall–Kier alpha value is -3.82. The van der Waals surface area contributed by atoms with Crippen molar-refractivity contribution < 1.29 is 26.7 Å². The Labute approximate surface area is 172 Å². The molecule has 0 saturated carbocycles. The number of pyridine rings is 2. The summed E-state index contributed by atoms with van der Waals surface area (Å²) in [7, 11) is 0. The van der Waals surface area contributed by atoms with Gasteiger partial charge in [-0.15, -0.1) is 0 Å². The monoisotopic (exact) mass is 432 g/mol. The second-order valence-electron chi connectivity index (χ2n) is 6.75. The van der Waals surface area contributed by atoms with E-state index in [0.29, 0.717) is 23.0 Å². The number of aromatic amines is 1. The van der Waals surface area contributed by atoms with E-state index in [1.165, 1.54) is 30.6 Å². The number of benzene rings is 1. The fraction of sp³-hybridized carbons (Fsp3) is 0.0952. The molecule has 0 aliphatic heterocycles. The summed E-state index contributed by atoms with van der Waals surface area (Å²) in [6.07, 6.45) is -0.665. The molecular formula is C21H13F5N4O. The molecule has 1 aromatic carbocycles. The minimum absolute atomic E-state index is 0.0445. The molecule has 4 rings (SSSR count). The largest absolute Gasteiger partial charge is 0.417 e. The Kier molecular flexibility index (Phi) is 5.14. The molecule has 0 aliphatic rings. The predicted molar refractivity (Wildman–Crippen MR) is 103 cm³/mol. The normalized spacial score (nSPS) is 11.6. The Morgan fingerprint density at radius 2 is 1.81 bits per heavy atom. The Morgan fingerprint density at radius 3 is 2.55 bits per heavy atom. The maximum Gasteiger partial charge on any atom is 0.417 e. The van der Waals surface area contributed by atoms with Gasteiger partial charge in [-0.3, -0.25) is 9.78 Å². The first-order valence-electron chi connectivity index (χ1n) is 8.94. The van der Waals surface area contributed by atoms with Crippen LogP contribution in [0.3, 0.4) is 0 Å². The van der Waals surface area contributed by atoms with Gasteiger partial charge < -0.3 is 10.3 Å².